The van der Waals surface area contributed by atoms with Crippen LogP contribution in [0.25, 0.3) is 0 Å². The van der Waals surface area contributed by atoms with Crippen molar-refractivity contribution < 1.29 is 22.4 Å². The van der Waals surface area contributed by atoms with Crippen LogP contribution in [0.2, 0.25) is 0 Å². The van der Waals surface area contributed by atoms with Gasteiger partial charge in [0.25, 0.3) is 5.91 Å². The maximum atomic E-state index is 13.0. The zero-order chi connectivity index (χ0) is 21.0. The van der Waals surface area contributed by atoms with E-state index in [0.29, 0.717) is 11.3 Å². The number of hydrogen-bond donors (Lipinski definition) is 1. The van der Waals surface area contributed by atoms with Crippen molar-refractivity contribution in [1.29, 1.82) is 0 Å². The summed E-state index contributed by atoms with van der Waals surface area (Å²) in [5, 5.41) is 2.61. The first-order chi connectivity index (χ1) is 13.8. The standard InChI is InChI=1S/C20H22FN3O4S/c1-23(29(27,28)18-10-6-16(21)7-11-18)14-19(25)22-17-8-4-15(5-9-17)20(26)24-12-2-3-13-24/h4-11H,2-3,12-14H2,1H3,(H,22,25). The molecule has 1 fully saturated rings. The van der Waals surface area contributed by atoms with Gasteiger partial charge in [-0.1, -0.05) is 0 Å². The Hall–Kier alpha value is -2.78. The van der Waals surface area contributed by atoms with E-state index in [1.807, 2.05) is 0 Å². The van der Waals surface area contributed by atoms with E-state index in [2.05, 4.69) is 5.32 Å². The van der Waals surface area contributed by atoms with E-state index in [0.717, 1.165) is 54.5 Å². The summed E-state index contributed by atoms with van der Waals surface area (Å²) in [6, 6.07) is 10.9. The Labute approximate surface area is 169 Å². The average molecular weight is 419 g/mol. The van der Waals surface area contributed by atoms with Crippen molar-refractivity contribution in [3.05, 3.63) is 59.9 Å². The van der Waals surface area contributed by atoms with Crippen molar-refractivity contribution in [3.8, 4) is 0 Å². The van der Waals surface area contributed by atoms with E-state index in [1.165, 1.54) is 7.05 Å². The Kier molecular flexibility index (Phi) is 6.29. The number of sulfonamides is 1. The van der Waals surface area contributed by atoms with E-state index >= 15 is 0 Å². The quantitative estimate of drug-likeness (QED) is 0.779. The second-order valence-electron chi connectivity index (χ2n) is 6.84. The minimum Gasteiger partial charge on any atom is -0.339 e. The molecular formula is C20H22FN3O4S. The van der Waals surface area contributed by atoms with E-state index in [9.17, 15) is 22.4 Å². The van der Waals surface area contributed by atoms with Gasteiger partial charge in [-0.15, -0.1) is 0 Å². The first-order valence-electron chi connectivity index (χ1n) is 9.18. The highest BCUT2D eigenvalue weighted by molar-refractivity contribution is 7.89. The highest BCUT2D eigenvalue weighted by atomic mass is 32.2. The number of benzene rings is 2. The topological polar surface area (TPSA) is 86.8 Å². The van der Waals surface area contributed by atoms with Gasteiger partial charge >= 0.3 is 0 Å². The summed E-state index contributed by atoms with van der Waals surface area (Å²) in [6.07, 6.45) is 2.02. The van der Waals surface area contributed by atoms with E-state index in [1.54, 1.807) is 29.2 Å². The Balaban J connectivity index is 1.59. The van der Waals surface area contributed by atoms with Crippen LogP contribution in [0.5, 0.6) is 0 Å². The molecule has 1 N–H and O–H groups in total. The van der Waals surface area contributed by atoms with Gasteiger partial charge in [0, 0.05) is 31.4 Å². The fourth-order valence-electron chi connectivity index (χ4n) is 3.07. The van der Waals surface area contributed by atoms with Crippen LogP contribution in [0.15, 0.2) is 53.4 Å². The smallest absolute Gasteiger partial charge is 0.253 e. The predicted octanol–water partition coefficient (Wildman–Crippen LogP) is 2.32. The number of likely N-dealkylation sites (tertiary alicyclic amines) is 1. The van der Waals surface area contributed by atoms with Gasteiger partial charge < -0.3 is 10.2 Å². The van der Waals surface area contributed by atoms with Crippen molar-refractivity contribution in [2.75, 3.05) is 32.0 Å². The lowest BCUT2D eigenvalue weighted by Crippen LogP contribution is -2.35. The SMILES string of the molecule is CN(CC(=O)Nc1ccc(C(=O)N2CCCC2)cc1)S(=O)(=O)c1ccc(F)cc1. The van der Waals surface area contributed by atoms with Gasteiger partial charge in [0.1, 0.15) is 5.82 Å². The summed E-state index contributed by atoms with van der Waals surface area (Å²) in [4.78, 5) is 26.3. The van der Waals surface area contributed by atoms with Crippen LogP contribution in [0, 0.1) is 5.82 Å². The van der Waals surface area contributed by atoms with Gasteiger partial charge in [-0.2, -0.15) is 4.31 Å². The third kappa shape index (κ3) is 4.99. The molecule has 0 spiro atoms. The first-order valence-corrected chi connectivity index (χ1v) is 10.6. The summed E-state index contributed by atoms with van der Waals surface area (Å²) in [6.45, 7) is 1.10. The fraction of sp³-hybridized carbons (Fsp3) is 0.300. The largest absolute Gasteiger partial charge is 0.339 e. The van der Waals surface area contributed by atoms with Crippen molar-refractivity contribution in [3.63, 3.8) is 0 Å². The number of amides is 2. The number of rotatable bonds is 6. The molecule has 0 bridgehead atoms. The summed E-state index contributed by atoms with van der Waals surface area (Å²) >= 11 is 0. The molecule has 0 saturated carbocycles. The van der Waals surface area contributed by atoms with Crippen LogP contribution < -0.4 is 5.32 Å². The lowest BCUT2D eigenvalue weighted by molar-refractivity contribution is -0.116. The van der Waals surface area contributed by atoms with Gasteiger partial charge in [0.05, 0.1) is 11.4 Å². The number of carbonyl (C=O) groups is 2. The third-order valence-corrected chi connectivity index (χ3v) is 6.51. The molecule has 2 aromatic carbocycles. The van der Waals surface area contributed by atoms with Crippen molar-refractivity contribution in [1.82, 2.24) is 9.21 Å². The van der Waals surface area contributed by atoms with Crippen LogP contribution in [0.3, 0.4) is 0 Å². The molecule has 1 aliphatic heterocycles. The summed E-state index contributed by atoms with van der Waals surface area (Å²) in [7, 11) is -2.64. The van der Waals surface area contributed by atoms with E-state index in [4.69, 9.17) is 0 Å². The number of carbonyl (C=O) groups excluding carboxylic acids is 2. The molecule has 0 radical (unpaired) electrons. The number of likely N-dealkylation sites (N-methyl/N-ethyl adjacent to an activating group) is 1. The molecule has 3 rings (SSSR count). The van der Waals surface area contributed by atoms with Crippen molar-refractivity contribution in [2.24, 2.45) is 0 Å². The Morgan fingerprint density at radius 1 is 1.03 bits per heavy atom. The zero-order valence-electron chi connectivity index (χ0n) is 16.0. The third-order valence-electron chi connectivity index (χ3n) is 4.70. The second kappa shape index (κ2) is 8.71. The summed E-state index contributed by atoms with van der Waals surface area (Å²) < 4.78 is 38.8. The van der Waals surface area contributed by atoms with Crippen molar-refractivity contribution in [2.45, 2.75) is 17.7 Å². The van der Waals surface area contributed by atoms with E-state index in [-0.39, 0.29) is 10.8 Å². The summed E-state index contributed by atoms with van der Waals surface area (Å²) in [5.74, 6) is -1.11. The number of hydrogen-bond acceptors (Lipinski definition) is 4. The second-order valence-corrected chi connectivity index (χ2v) is 8.88. The molecule has 154 valence electrons. The molecule has 7 nitrogen and oxygen atoms in total. The Bertz CT molecular complexity index is 985. The van der Waals surface area contributed by atoms with Crippen LogP contribution in [0.1, 0.15) is 23.2 Å². The molecule has 29 heavy (non-hydrogen) atoms. The van der Waals surface area contributed by atoms with Gasteiger partial charge in [0.2, 0.25) is 15.9 Å². The number of nitrogens with zero attached hydrogens (tertiary/aromatic N) is 2. The molecular weight excluding hydrogens is 397 g/mol. The van der Waals surface area contributed by atoms with Gasteiger partial charge in [-0.25, -0.2) is 12.8 Å². The van der Waals surface area contributed by atoms with Crippen LogP contribution in [-0.4, -0.2) is 56.1 Å². The highest BCUT2D eigenvalue weighted by Crippen LogP contribution is 2.17. The van der Waals surface area contributed by atoms with Gasteiger partial charge in [0.15, 0.2) is 0 Å². The lowest BCUT2D eigenvalue weighted by atomic mass is 10.2. The normalized spacial score (nSPS) is 14.2. The Morgan fingerprint density at radius 2 is 1.62 bits per heavy atom. The number of anilines is 1. The molecule has 2 aromatic rings. The van der Waals surface area contributed by atoms with E-state index < -0.39 is 28.3 Å². The van der Waals surface area contributed by atoms with Crippen LogP contribution >= 0.6 is 0 Å². The van der Waals surface area contributed by atoms with Crippen LogP contribution in [-0.2, 0) is 14.8 Å². The average Bonchev–Trinajstić information content (AvgIpc) is 3.23. The minimum absolute atomic E-state index is 0.0366. The molecule has 9 heteroatoms. The lowest BCUT2D eigenvalue weighted by Gasteiger charge is -2.17. The maximum Gasteiger partial charge on any atom is 0.253 e. The van der Waals surface area contributed by atoms with Gasteiger partial charge in [-0.05, 0) is 61.4 Å². The molecule has 2 amide bonds. The molecule has 0 aliphatic carbocycles. The number of nitrogens with one attached hydrogen (secondary N) is 1. The molecule has 0 unspecified atom stereocenters. The number of halogens is 1. The fourth-order valence-corrected chi connectivity index (χ4v) is 4.20. The minimum atomic E-state index is -3.91. The zero-order valence-corrected chi connectivity index (χ0v) is 16.8. The first kappa shape index (κ1) is 20.9. The molecule has 0 atom stereocenters. The van der Waals surface area contributed by atoms with Crippen molar-refractivity contribution >= 4 is 27.5 Å². The molecule has 1 aliphatic rings. The Morgan fingerprint density at radius 3 is 2.21 bits per heavy atom. The molecule has 0 aromatic heterocycles. The maximum absolute atomic E-state index is 13.0. The summed E-state index contributed by atoms with van der Waals surface area (Å²) in [5.41, 5.74) is 1.00. The molecule has 1 saturated heterocycles. The highest BCUT2D eigenvalue weighted by Gasteiger charge is 2.23. The van der Waals surface area contributed by atoms with Crippen LogP contribution in [0.4, 0.5) is 10.1 Å². The van der Waals surface area contributed by atoms with Gasteiger partial charge in [-0.3, -0.25) is 9.59 Å². The molecule has 1 heterocycles. The monoisotopic (exact) mass is 419 g/mol. The predicted molar refractivity (Wildman–Crippen MR) is 106 cm³/mol.